The topological polar surface area (TPSA) is 49.9 Å². The first-order valence-electron chi connectivity index (χ1n) is 6.71. The number of halogens is 1. The van der Waals surface area contributed by atoms with Crippen molar-refractivity contribution in [1.82, 2.24) is 15.3 Å². The van der Waals surface area contributed by atoms with Crippen LogP contribution in [-0.4, -0.2) is 17.1 Å². The summed E-state index contributed by atoms with van der Waals surface area (Å²) in [7, 11) is 1.61. The summed E-state index contributed by atoms with van der Waals surface area (Å²) in [6.07, 6.45) is 3.83. The molecule has 0 atom stereocenters. The Labute approximate surface area is 128 Å². The van der Waals surface area contributed by atoms with Gasteiger partial charge in [-0.3, -0.25) is 0 Å². The number of aromatic nitrogens is 2. The van der Waals surface area contributed by atoms with Crippen molar-refractivity contribution >= 4 is 22.5 Å². The number of nitrogens with one attached hydrogen (secondary N) is 2. The number of hydrogen-bond donors (Lipinski definition) is 2. The lowest BCUT2D eigenvalue weighted by Crippen LogP contribution is -2.12. The number of benzene rings is 1. The Morgan fingerprint density at radius 1 is 1.24 bits per heavy atom. The molecule has 2 heterocycles. The third-order valence-electron chi connectivity index (χ3n) is 3.38. The van der Waals surface area contributed by atoms with Crippen molar-refractivity contribution in [3.05, 3.63) is 58.9 Å². The second-order valence-corrected chi connectivity index (χ2v) is 5.25. The second kappa shape index (κ2) is 6.16. The van der Waals surface area contributed by atoms with E-state index in [0.717, 1.165) is 29.2 Å². The highest BCUT2D eigenvalue weighted by atomic mass is 35.5. The van der Waals surface area contributed by atoms with Gasteiger partial charge in [0.25, 0.3) is 0 Å². The molecule has 21 heavy (non-hydrogen) atoms. The molecule has 0 aliphatic carbocycles. The smallest absolute Gasteiger partial charge is 0.212 e. The van der Waals surface area contributed by atoms with Crippen LogP contribution in [0.15, 0.2) is 42.7 Å². The molecular formula is C16H16ClN3O. The summed E-state index contributed by atoms with van der Waals surface area (Å²) < 4.78 is 5.04. The molecule has 2 N–H and O–H groups in total. The first-order chi connectivity index (χ1) is 10.3. The third kappa shape index (κ3) is 3.17. The minimum atomic E-state index is 0.632. The molecule has 108 valence electrons. The van der Waals surface area contributed by atoms with E-state index < -0.39 is 0 Å². The van der Waals surface area contributed by atoms with E-state index in [4.69, 9.17) is 16.3 Å². The molecule has 0 unspecified atom stereocenters. The molecule has 0 fully saturated rings. The summed E-state index contributed by atoms with van der Waals surface area (Å²) >= 11 is 5.98. The number of methoxy groups -OCH3 is 1. The Kier molecular flexibility index (Phi) is 4.08. The van der Waals surface area contributed by atoms with Gasteiger partial charge in [0.1, 0.15) is 0 Å². The molecule has 3 aromatic rings. The largest absolute Gasteiger partial charge is 0.481 e. The molecule has 0 spiro atoms. The zero-order chi connectivity index (χ0) is 14.7. The van der Waals surface area contributed by atoms with Crippen LogP contribution in [0, 0.1) is 0 Å². The summed E-state index contributed by atoms with van der Waals surface area (Å²) in [5, 5.41) is 5.35. The van der Waals surface area contributed by atoms with Gasteiger partial charge in [-0.2, -0.15) is 0 Å². The Bertz CT molecular complexity index is 737. The van der Waals surface area contributed by atoms with Gasteiger partial charge in [-0.1, -0.05) is 23.7 Å². The average Bonchev–Trinajstić information content (AvgIpc) is 2.90. The number of nitrogens with zero attached hydrogens (tertiary/aromatic N) is 1. The Morgan fingerprint density at radius 2 is 2.14 bits per heavy atom. The van der Waals surface area contributed by atoms with Gasteiger partial charge in [-0.25, -0.2) is 4.98 Å². The quantitative estimate of drug-likeness (QED) is 0.758. The van der Waals surface area contributed by atoms with Crippen LogP contribution in [-0.2, 0) is 13.1 Å². The van der Waals surface area contributed by atoms with Gasteiger partial charge in [0.15, 0.2) is 0 Å². The van der Waals surface area contributed by atoms with Crippen LogP contribution in [0.5, 0.6) is 5.88 Å². The lowest BCUT2D eigenvalue weighted by atomic mass is 10.2. The molecule has 0 aliphatic rings. The molecule has 0 radical (unpaired) electrons. The fourth-order valence-corrected chi connectivity index (χ4v) is 2.45. The SMILES string of the molecule is COc1ccc(CNCc2c[nH]c3cc(Cl)ccc23)cn1. The van der Waals surface area contributed by atoms with E-state index in [1.165, 1.54) is 10.9 Å². The molecule has 1 aromatic carbocycles. The van der Waals surface area contributed by atoms with Crippen molar-refractivity contribution in [1.29, 1.82) is 0 Å². The van der Waals surface area contributed by atoms with Gasteiger partial charge in [0.05, 0.1) is 7.11 Å². The van der Waals surface area contributed by atoms with E-state index >= 15 is 0 Å². The van der Waals surface area contributed by atoms with Gasteiger partial charge >= 0.3 is 0 Å². The number of rotatable bonds is 5. The first kappa shape index (κ1) is 13.9. The van der Waals surface area contributed by atoms with Gasteiger partial charge in [0.2, 0.25) is 5.88 Å². The predicted octanol–water partition coefficient (Wildman–Crippen LogP) is 3.51. The molecule has 0 amide bonds. The molecule has 0 aliphatic heterocycles. The number of fused-ring (bicyclic) bond motifs is 1. The number of ether oxygens (including phenoxy) is 1. The number of pyridine rings is 1. The monoisotopic (exact) mass is 301 g/mol. The van der Waals surface area contributed by atoms with E-state index in [2.05, 4.69) is 15.3 Å². The standard InChI is InChI=1S/C16H16ClN3O/c1-21-16-5-2-11(8-20-16)7-18-9-12-10-19-15-6-13(17)3-4-14(12)15/h2-6,8,10,18-19H,7,9H2,1H3. The van der Waals surface area contributed by atoms with Crippen LogP contribution < -0.4 is 10.1 Å². The Hall–Kier alpha value is -2.04. The molecule has 0 bridgehead atoms. The van der Waals surface area contributed by atoms with Crippen LogP contribution in [0.2, 0.25) is 5.02 Å². The van der Waals surface area contributed by atoms with E-state index in [9.17, 15) is 0 Å². The van der Waals surface area contributed by atoms with Crippen molar-refractivity contribution in [2.24, 2.45) is 0 Å². The summed E-state index contributed by atoms with van der Waals surface area (Å²) in [6, 6.07) is 9.76. The van der Waals surface area contributed by atoms with Crippen LogP contribution in [0.4, 0.5) is 0 Å². The zero-order valence-electron chi connectivity index (χ0n) is 11.7. The van der Waals surface area contributed by atoms with E-state index in [1.54, 1.807) is 7.11 Å². The Morgan fingerprint density at radius 3 is 2.90 bits per heavy atom. The summed E-state index contributed by atoms with van der Waals surface area (Å²) in [6.45, 7) is 1.55. The molecule has 0 saturated carbocycles. The molecule has 0 saturated heterocycles. The van der Waals surface area contributed by atoms with Crippen LogP contribution in [0.3, 0.4) is 0 Å². The lowest BCUT2D eigenvalue weighted by molar-refractivity contribution is 0.397. The van der Waals surface area contributed by atoms with Crippen molar-refractivity contribution in [3.63, 3.8) is 0 Å². The predicted molar refractivity (Wildman–Crippen MR) is 84.6 cm³/mol. The van der Waals surface area contributed by atoms with E-state index in [1.807, 2.05) is 42.7 Å². The van der Waals surface area contributed by atoms with Gasteiger partial charge in [-0.05, 0) is 23.3 Å². The molecule has 4 nitrogen and oxygen atoms in total. The summed E-state index contributed by atoms with van der Waals surface area (Å²) in [5.41, 5.74) is 3.41. The second-order valence-electron chi connectivity index (χ2n) is 4.82. The fraction of sp³-hybridized carbons (Fsp3) is 0.188. The minimum Gasteiger partial charge on any atom is -0.481 e. The third-order valence-corrected chi connectivity index (χ3v) is 3.62. The summed E-state index contributed by atoms with van der Waals surface area (Å²) in [5.74, 6) is 0.632. The highest BCUT2D eigenvalue weighted by molar-refractivity contribution is 6.31. The van der Waals surface area contributed by atoms with Crippen molar-refractivity contribution in [3.8, 4) is 5.88 Å². The summed E-state index contributed by atoms with van der Waals surface area (Å²) in [4.78, 5) is 7.43. The van der Waals surface area contributed by atoms with Crippen molar-refractivity contribution in [2.45, 2.75) is 13.1 Å². The van der Waals surface area contributed by atoms with Gasteiger partial charge in [0, 0.05) is 47.5 Å². The van der Waals surface area contributed by atoms with Crippen molar-refractivity contribution in [2.75, 3.05) is 7.11 Å². The minimum absolute atomic E-state index is 0.632. The van der Waals surface area contributed by atoms with Crippen LogP contribution >= 0.6 is 11.6 Å². The van der Waals surface area contributed by atoms with Crippen LogP contribution in [0.1, 0.15) is 11.1 Å². The van der Waals surface area contributed by atoms with Gasteiger partial charge < -0.3 is 15.0 Å². The molecule has 5 heteroatoms. The molecule has 2 aromatic heterocycles. The van der Waals surface area contributed by atoms with E-state index in [-0.39, 0.29) is 0 Å². The van der Waals surface area contributed by atoms with E-state index in [0.29, 0.717) is 5.88 Å². The van der Waals surface area contributed by atoms with Gasteiger partial charge in [-0.15, -0.1) is 0 Å². The fourth-order valence-electron chi connectivity index (χ4n) is 2.28. The lowest BCUT2D eigenvalue weighted by Gasteiger charge is -2.05. The zero-order valence-corrected chi connectivity index (χ0v) is 12.4. The number of aromatic amines is 1. The average molecular weight is 302 g/mol. The first-order valence-corrected chi connectivity index (χ1v) is 7.09. The normalized spacial score (nSPS) is 11.0. The maximum absolute atomic E-state index is 5.98. The molecule has 3 rings (SSSR count). The number of hydrogen-bond acceptors (Lipinski definition) is 3. The maximum atomic E-state index is 5.98. The highest BCUT2D eigenvalue weighted by Crippen LogP contribution is 2.21. The van der Waals surface area contributed by atoms with Crippen molar-refractivity contribution < 1.29 is 4.74 Å². The Balaban J connectivity index is 1.63. The highest BCUT2D eigenvalue weighted by Gasteiger charge is 2.04. The number of H-pyrrole nitrogens is 1. The molecular weight excluding hydrogens is 286 g/mol. The van der Waals surface area contributed by atoms with Crippen LogP contribution in [0.25, 0.3) is 10.9 Å². The maximum Gasteiger partial charge on any atom is 0.212 e.